The van der Waals surface area contributed by atoms with Gasteiger partial charge in [-0.15, -0.1) is 0 Å². The van der Waals surface area contributed by atoms with E-state index in [9.17, 15) is 14.4 Å². The number of thioether (sulfide) groups is 1. The maximum atomic E-state index is 12.2. The molecule has 2 amide bonds. The normalized spacial score (nSPS) is 12.6. The van der Waals surface area contributed by atoms with Crippen LogP contribution < -0.4 is 11.1 Å². The van der Waals surface area contributed by atoms with Crippen LogP contribution in [0, 0.1) is 5.41 Å². The van der Waals surface area contributed by atoms with Gasteiger partial charge in [-0.1, -0.05) is 44.7 Å². The minimum absolute atomic E-state index is 0.0364. The molecule has 1 aromatic rings. The van der Waals surface area contributed by atoms with E-state index in [0.717, 1.165) is 11.8 Å². The molecule has 1 aromatic carbocycles. The summed E-state index contributed by atoms with van der Waals surface area (Å²) in [6.07, 6.45) is 0. The van der Waals surface area contributed by atoms with Gasteiger partial charge < -0.3 is 11.1 Å². The summed E-state index contributed by atoms with van der Waals surface area (Å²) in [5.74, 6) is -1.04. The number of carbonyl (C=O) groups excluding carboxylic acids is 3. The Morgan fingerprint density at radius 2 is 1.76 bits per heavy atom. The van der Waals surface area contributed by atoms with E-state index in [1.165, 1.54) is 6.92 Å². The Labute approximate surface area is 128 Å². The molecule has 114 valence electrons. The first-order chi connectivity index (χ1) is 9.62. The van der Waals surface area contributed by atoms with E-state index in [1.807, 2.05) is 20.8 Å². The molecule has 5 nitrogen and oxygen atoms in total. The molecule has 1 rings (SSSR count). The van der Waals surface area contributed by atoms with Gasteiger partial charge in [0.1, 0.15) is 6.04 Å². The van der Waals surface area contributed by atoms with Crippen LogP contribution in [0.3, 0.4) is 0 Å². The molecule has 0 radical (unpaired) electrons. The van der Waals surface area contributed by atoms with Gasteiger partial charge in [-0.05, 0) is 19.1 Å². The average molecular weight is 308 g/mol. The zero-order chi connectivity index (χ0) is 16.2. The van der Waals surface area contributed by atoms with Gasteiger partial charge in [0.25, 0.3) is 5.91 Å². The van der Waals surface area contributed by atoms with Crippen LogP contribution in [0.4, 0.5) is 0 Å². The third kappa shape index (κ3) is 4.90. The second kappa shape index (κ2) is 6.76. The minimum atomic E-state index is -0.770. The van der Waals surface area contributed by atoms with Crippen LogP contribution in [0.5, 0.6) is 0 Å². The van der Waals surface area contributed by atoms with Crippen molar-refractivity contribution in [2.24, 2.45) is 11.1 Å². The molecule has 6 heteroatoms. The van der Waals surface area contributed by atoms with E-state index in [0.29, 0.717) is 10.5 Å². The molecule has 1 atom stereocenters. The van der Waals surface area contributed by atoms with Crippen molar-refractivity contribution in [1.29, 1.82) is 0 Å². The molecule has 0 spiro atoms. The number of nitrogens with two attached hydrogens (primary N) is 1. The lowest BCUT2D eigenvalue weighted by Crippen LogP contribution is -2.42. The predicted octanol–water partition coefficient (Wildman–Crippen LogP) is 1.96. The van der Waals surface area contributed by atoms with Crippen molar-refractivity contribution < 1.29 is 14.4 Å². The Kier molecular flexibility index (Phi) is 5.54. The molecule has 0 fully saturated rings. The molecular weight excluding hydrogens is 288 g/mol. The Hall–Kier alpha value is -1.82. The number of rotatable bonds is 4. The number of amides is 2. The Morgan fingerprint density at radius 1 is 1.19 bits per heavy atom. The Morgan fingerprint density at radius 3 is 2.29 bits per heavy atom. The number of benzene rings is 1. The maximum Gasteiger partial charge on any atom is 0.253 e. The molecule has 21 heavy (non-hydrogen) atoms. The quantitative estimate of drug-likeness (QED) is 0.832. The van der Waals surface area contributed by atoms with E-state index in [4.69, 9.17) is 5.73 Å². The van der Waals surface area contributed by atoms with Crippen molar-refractivity contribution >= 4 is 28.7 Å². The summed E-state index contributed by atoms with van der Waals surface area (Å²) in [5, 5.41) is 2.47. The lowest BCUT2D eigenvalue weighted by atomic mass is 10.00. The van der Waals surface area contributed by atoms with Gasteiger partial charge in [0.2, 0.25) is 5.91 Å². The maximum absolute atomic E-state index is 12.2. The average Bonchev–Trinajstić information content (AvgIpc) is 2.37. The van der Waals surface area contributed by atoms with Gasteiger partial charge in [-0.25, -0.2) is 0 Å². The van der Waals surface area contributed by atoms with Gasteiger partial charge in [0, 0.05) is 10.3 Å². The van der Waals surface area contributed by atoms with Gasteiger partial charge in [0.15, 0.2) is 5.12 Å². The van der Waals surface area contributed by atoms with E-state index < -0.39 is 23.3 Å². The predicted molar refractivity (Wildman–Crippen MR) is 82.9 cm³/mol. The largest absolute Gasteiger partial charge is 0.368 e. The second-order valence-corrected chi connectivity index (χ2v) is 6.75. The smallest absolute Gasteiger partial charge is 0.253 e. The summed E-state index contributed by atoms with van der Waals surface area (Å²) in [6.45, 7) is 6.97. The third-order valence-corrected chi connectivity index (χ3v) is 4.09. The molecule has 0 bridgehead atoms. The highest BCUT2D eigenvalue weighted by Gasteiger charge is 2.24. The zero-order valence-corrected chi connectivity index (χ0v) is 13.4. The SMILES string of the molecule is C[C@@H](NC(=O)c1ccccc1SC(=O)C(C)(C)C)C(N)=O. The van der Waals surface area contributed by atoms with Crippen LogP contribution in [0.1, 0.15) is 38.1 Å². The summed E-state index contributed by atoms with van der Waals surface area (Å²) >= 11 is 1.03. The number of nitrogens with one attached hydrogen (secondary N) is 1. The molecule has 0 heterocycles. The van der Waals surface area contributed by atoms with Crippen molar-refractivity contribution in [3.05, 3.63) is 29.8 Å². The van der Waals surface area contributed by atoms with Gasteiger partial charge in [-0.2, -0.15) is 0 Å². The van der Waals surface area contributed by atoms with Crippen molar-refractivity contribution in [1.82, 2.24) is 5.32 Å². The molecule has 0 aromatic heterocycles. The molecule has 0 aliphatic rings. The van der Waals surface area contributed by atoms with Crippen LogP contribution in [0.25, 0.3) is 0 Å². The van der Waals surface area contributed by atoms with E-state index in [-0.39, 0.29) is 5.12 Å². The van der Waals surface area contributed by atoms with Gasteiger partial charge in [-0.3, -0.25) is 14.4 Å². The van der Waals surface area contributed by atoms with Gasteiger partial charge in [0.05, 0.1) is 5.56 Å². The Bertz CT molecular complexity index is 564. The molecule has 0 aliphatic heterocycles. The van der Waals surface area contributed by atoms with Crippen LogP contribution in [-0.2, 0) is 9.59 Å². The molecule has 0 unspecified atom stereocenters. The molecular formula is C15H20N2O3S. The molecule has 0 saturated heterocycles. The minimum Gasteiger partial charge on any atom is -0.368 e. The van der Waals surface area contributed by atoms with Crippen molar-refractivity contribution in [3.8, 4) is 0 Å². The summed E-state index contributed by atoms with van der Waals surface area (Å²) in [7, 11) is 0. The van der Waals surface area contributed by atoms with Crippen molar-refractivity contribution in [2.45, 2.75) is 38.6 Å². The topological polar surface area (TPSA) is 89.3 Å². The summed E-state index contributed by atoms with van der Waals surface area (Å²) in [5.41, 5.74) is 4.97. The first-order valence-electron chi connectivity index (χ1n) is 6.54. The van der Waals surface area contributed by atoms with Crippen LogP contribution in [0.2, 0.25) is 0 Å². The highest BCUT2D eigenvalue weighted by Crippen LogP contribution is 2.31. The third-order valence-electron chi connectivity index (χ3n) is 2.72. The molecule has 0 aliphatic carbocycles. The number of primary amides is 1. The van der Waals surface area contributed by atoms with Crippen LogP contribution in [-0.4, -0.2) is 23.0 Å². The van der Waals surface area contributed by atoms with Gasteiger partial charge >= 0.3 is 0 Å². The highest BCUT2D eigenvalue weighted by molar-refractivity contribution is 8.13. The summed E-state index contributed by atoms with van der Waals surface area (Å²) < 4.78 is 0. The van der Waals surface area contributed by atoms with E-state index >= 15 is 0 Å². The van der Waals surface area contributed by atoms with E-state index in [2.05, 4.69) is 5.32 Å². The van der Waals surface area contributed by atoms with Crippen molar-refractivity contribution in [3.63, 3.8) is 0 Å². The van der Waals surface area contributed by atoms with Crippen molar-refractivity contribution in [2.75, 3.05) is 0 Å². The fourth-order valence-corrected chi connectivity index (χ4v) is 2.26. The Balaban J connectivity index is 2.97. The molecule has 0 saturated carbocycles. The zero-order valence-electron chi connectivity index (χ0n) is 12.6. The van der Waals surface area contributed by atoms with Crippen LogP contribution >= 0.6 is 11.8 Å². The first-order valence-corrected chi connectivity index (χ1v) is 7.36. The summed E-state index contributed by atoms with van der Waals surface area (Å²) in [4.78, 5) is 35.8. The molecule has 3 N–H and O–H groups in total. The number of hydrogen-bond donors (Lipinski definition) is 2. The number of hydrogen-bond acceptors (Lipinski definition) is 4. The highest BCUT2D eigenvalue weighted by atomic mass is 32.2. The summed E-state index contributed by atoms with van der Waals surface area (Å²) in [6, 6.07) is 6.01. The lowest BCUT2D eigenvalue weighted by Gasteiger charge is -2.17. The fourth-order valence-electron chi connectivity index (χ4n) is 1.34. The first kappa shape index (κ1) is 17.2. The fraction of sp³-hybridized carbons (Fsp3) is 0.400. The standard InChI is InChI=1S/C15H20N2O3S/c1-9(12(16)18)17-13(19)10-7-5-6-8-11(10)21-14(20)15(2,3)4/h5-9H,1-4H3,(H2,16,18)(H,17,19)/t9-/m1/s1. The second-order valence-electron chi connectivity index (χ2n) is 5.73. The van der Waals surface area contributed by atoms with Crippen LogP contribution in [0.15, 0.2) is 29.2 Å². The lowest BCUT2D eigenvalue weighted by molar-refractivity contribution is -0.119. The number of carbonyl (C=O) groups is 3. The van der Waals surface area contributed by atoms with E-state index in [1.54, 1.807) is 24.3 Å². The monoisotopic (exact) mass is 308 g/mol.